The van der Waals surface area contributed by atoms with Gasteiger partial charge in [-0.3, -0.25) is 4.79 Å². The van der Waals surface area contributed by atoms with Gasteiger partial charge in [0.2, 0.25) is 5.91 Å². The molecule has 0 aromatic heterocycles. The van der Waals surface area contributed by atoms with Crippen LogP contribution in [-0.2, 0) is 4.79 Å². The van der Waals surface area contributed by atoms with Gasteiger partial charge in [-0.2, -0.15) is 0 Å². The Bertz CT molecular complexity index is 196. The van der Waals surface area contributed by atoms with Crippen LogP contribution in [0.15, 0.2) is 0 Å². The molecule has 0 saturated carbocycles. The number of amides is 1. The first-order valence-corrected chi connectivity index (χ1v) is 4.64. The molecule has 0 unspecified atom stereocenters. The number of piperidine rings is 1. The van der Waals surface area contributed by atoms with Crippen LogP contribution in [-0.4, -0.2) is 48.2 Å². The number of carbonyl (C=O) groups excluding carboxylic acids is 1. The van der Waals surface area contributed by atoms with Crippen LogP contribution in [0.5, 0.6) is 0 Å². The molecule has 0 aromatic rings. The first-order valence-electron chi connectivity index (χ1n) is 4.64. The predicted octanol–water partition coefficient (Wildman–Crippen LogP) is -0.566. The standard InChI is InChI=1S/C9H18N2O2/c1-6-8(10-7(2)12)4-11(3)5-9(6)13/h6,8-9,13H,4-5H2,1-3H3,(H,10,12)/t6-,8+,9+/m1/s1. The molecule has 3 atom stereocenters. The molecule has 1 aliphatic heterocycles. The Morgan fingerprint density at radius 2 is 2.15 bits per heavy atom. The molecule has 0 aliphatic carbocycles. The van der Waals surface area contributed by atoms with Gasteiger partial charge in [-0.1, -0.05) is 6.92 Å². The summed E-state index contributed by atoms with van der Waals surface area (Å²) in [6.45, 7) is 4.99. The number of likely N-dealkylation sites (N-methyl/N-ethyl adjacent to an activating group) is 1. The van der Waals surface area contributed by atoms with Crippen LogP contribution in [0.2, 0.25) is 0 Å². The highest BCUT2D eigenvalue weighted by Gasteiger charge is 2.31. The average Bonchev–Trinajstić information content (AvgIpc) is 1.98. The number of aliphatic hydroxyl groups is 1. The summed E-state index contributed by atoms with van der Waals surface area (Å²) in [4.78, 5) is 12.9. The van der Waals surface area contributed by atoms with Gasteiger partial charge in [0.1, 0.15) is 0 Å². The Kier molecular flexibility index (Phi) is 3.27. The van der Waals surface area contributed by atoms with Crippen molar-refractivity contribution < 1.29 is 9.90 Å². The number of aliphatic hydroxyl groups excluding tert-OH is 1. The minimum Gasteiger partial charge on any atom is -0.391 e. The van der Waals surface area contributed by atoms with Gasteiger partial charge in [-0.05, 0) is 7.05 Å². The molecule has 1 rings (SSSR count). The highest BCUT2D eigenvalue weighted by atomic mass is 16.3. The maximum absolute atomic E-state index is 10.9. The van der Waals surface area contributed by atoms with Crippen molar-refractivity contribution in [1.82, 2.24) is 10.2 Å². The lowest BCUT2D eigenvalue weighted by Gasteiger charge is -2.38. The summed E-state index contributed by atoms with van der Waals surface area (Å²) in [5.74, 6) is 0.111. The summed E-state index contributed by atoms with van der Waals surface area (Å²) < 4.78 is 0. The smallest absolute Gasteiger partial charge is 0.217 e. The quantitative estimate of drug-likeness (QED) is 0.577. The zero-order valence-electron chi connectivity index (χ0n) is 8.45. The number of hydrogen-bond donors (Lipinski definition) is 2. The molecule has 13 heavy (non-hydrogen) atoms. The monoisotopic (exact) mass is 186 g/mol. The molecule has 4 nitrogen and oxygen atoms in total. The second-order valence-electron chi connectivity index (χ2n) is 3.95. The number of likely N-dealkylation sites (tertiary alicyclic amines) is 1. The van der Waals surface area contributed by atoms with Gasteiger partial charge in [0.15, 0.2) is 0 Å². The molecule has 1 amide bonds. The van der Waals surface area contributed by atoms with E-state index in [4.69, 9.17) is 0 Å². The Balaban J connectivity index is 2.55. The molecule has 1 fully saturated rings. The molecule has 1 saturated heterocycles. The Morgan fingerprint density at radius 1 is 1.54 bits per heavy atom. The number of rotatable bonds is 1. The Labute approximate surface area is 78.9 Å². The number of carbonyl (C=O) groups is 1. The van der Waals surface area contributed by atoms with Crippen LogP contribution in [0, 0.1) is 5.92 Å². The molecule has 2 N–H and O–H groups in total. The lowest BCUT2D eigenvalue weighted by molar-refractivity contribution is -0.121. The second-order valence-corrected chi connectivity index (χ2v) is 3.95. The van der Waals surface area contributed by atoms with E-state index in [2.05, 4.69) is 5.32 Å². The van der Waals surface area contributed by atoms with E-state index >= 15 is 0 Å². The molecule has 0 bridgehead atoms. The van der Waals surface area contributed by atoms with Crippen molar-refractivity contribution in [1.29, 1.82) is 0 Å². The molecule has 0 spiro atoms. The van der Waals surface area contributed by atoms with Gasteiger partial charge in [-0.25, -0.2) is 0 Å². The fourth-order valence-corrected chi connectivity index (χ4v) is 1.77. The fraction of sp³-hybridized carbons (Fsp3) is 0.889. The zero-order chi connectivity index (χ0) is 10.0. The van der Waals surface area contributed by atoms with Crippen molar-refractivity contribution in [2.75, 3.05) is 20.1 Å². The van der Waals surface area contributed by atoms with Gasteiger partial charge >= 0.3 is 0 Å². The lowest BCUT2D eigenvalue weighted by atomic mass is 9.91. The van der Waals surface area contributed by atoms with Gasteiger partial charge in [0, 0.05) is 32.0 Å². The molecular formula is C9H18N2O2. The van der Waals surface area contributed by atoms with Crippen LogP contribution in [0.3, 0.4) is 0 Å². The predicted molar refractivity (Wildman–Crippen MR) is 50.3 cm³/mol. The Morgan fingerprint density at radius 3 is 2.69 bits per heavy atom. The second kappa shape index (κ2) is 4.07. The van der Waals surface area contributed by atoms with Gasteiger partial charge < -0.3 is 15.3 Å². The molecule has 1 heterocycles. The van der Waals surface area contributed by atoms with Crippen molar-refractivity contribution in [2.24, 2.45) is 5.92 Å². The van der Waals surface area contributed by atoms with Crippen LogP contribution in [0.4, 0.5) is 0 Å². The minimum atomic E-state index is -0.337. The van der Waals surface area contributed by atoms with E-state index in [1.165, 1.54) is 6.92 Å². The van der Waals surface area contributed by atoms with E-state index < -0.39 is 0 Å². The van der Waals surface area contributed by atoms with Gasteiger partial charge in [0.05, 0.1) is 6.10 Å². The van der Waals surface area contributed by atoms with Crippen LogP contribution in [0.25, 0.3) is 0 Å². The summed E-state index contributed by atoms with van der Waals surface area (Å²) >= 11 is 0. The summed E-state index contributed by atoms with van der Waals surface area (Å²) in [5, 5.41) is 12.5. The first kappa shape index (κ1) is 10.5. The van der Waals surface area contributed by atoms with Crippen LogP contribution >= 0.6 is 0 Å². The van der Waals surface area contributed by atoms with Crippen molar-refractivity contribution in [3.05, 3.63) is 0 Å². The lowest BCUT2D eigenvalue weighted by Crippen LogP contribution is -2.56. The molecule has 1 aliphatic rings. The third-order valence-electron chi connectivity index (χ3n) is 2.64. The molecule has 0 radical (unpaired) electrons. The third kappa shape index (κ3) is 2.67. The molecule has 76 valence electrons. The maximum atomic E-state index is 10.9. The maximum Gasteiger partial charge on any atom is 0.217 e. The summed E-state index contributed by atoms with van der Waals surface area (Å²) in [7, 11) is 1.95. The summed E-state index contributed by atoms with van der Waals surface area (Å²) in [6, 6.07) is 0.0752. The topological polar surface area (TPSA) is 52.6 Å². The highest BCUT2D eigenvalue weighted by Crippen LogP contribution is 2.16. The number of nitrogens with zero attached hydrogens (tertiary/aromatic N) is 1. The Hall–Kier alpha value is -0.610. The van der Waals surface area contributed by atoms with Crippen molar-refractivity contribution in [3.63, 3.8) is 0 Å². The van der Waals surface area contributed by atoms with Crippen molar-refractivity contribution in [3.8, 4) is 0 Å². The SMILES string of the molecule is CC(=O)N[C@H]1CN(C)C[C@H](O)[C@@H]1C. The van der Waals surface area contributed by atoms with E-state index in [9.17, 15) is 9.90 Å². The molecule has 0 aromatic carbocycles. The minimum absolute atomic E-state index is 0.0284. The van der Waals surface area contributed by atoms with Crippen LogP contribution in [0.1, 0.15) is 13.8 Å². The van der Waals surface area contributed by atoms with Crippen molar-refractivity contribution >= 4 is 5.91 Å². The molecule has 4 heteroatoms. The van der Waals surface area contributed by atoms with Crippen LogP contribution < -0.4 is 5.32 Å². The van der Waals surface area contributed by atoms with Gasteiger partial charge in [-0.15, -0.1) is 0 Å². The highest BCUT2D eigenvalue weighted by molar-refractivity contribution is 5.73. The first-order chi connectivity index (χ1) is 6.00. The normalized spacial score (nSPS) is 35.8. The molecular weight excluding hydrogens is 168 g/mol. The number of β-amino-alcohol motifs (C(OH)–C–C–N with tert-alkyl or cyclic N) is 1. The van der Waals surface area contributed by atoms with E-state index in [-0.39, 0.29) is 24.0 Å². The summed E-state index contributed by atoms with van der Waals surface area (Å²) in [5.41, 5.74) is 0. The van der Waals surface area contributed by atoms with E-state index in [1.807, 2.05) is 18.9 Å². The average molecular weight is 186 g/mol. The van der Waals surface area contributed by atoms with E-state index in [1.54, 1.807) is 0 Å². The number of nitrogens with one attached hydrogen (secondary N) is 1. The number of hydrogen-bond acceptors (Lipinski definition) is 3. The zero-order valence-corrected chi connectivity index (χ0v) is 8.45. The van der Waals surface area contributed by atoms with E-state index in [0.717, 1.165) is 6.54 Å². The van der Waals surface area contributed by atoms with Crippen molar-refractivity contribution in [2.45, 2.75) is 26.0 Å². The van der Waals surface area contributed by atoms with E-state index in [0.29, 0.717) is 6.54 Å². The fourth-order valence-electron chi connectivity index (χ4n) is 1.77. The van der Waals surface area contributed by atoms with Gasteiger partial charge in [0.25, 0.3) is 0 Å². The largest absolute Gasteiger partial charge is 0.391 e. The summed E-state index contributed by atoms with van der Waals surface area (Å²) in [6.07, 6.45) is -0.337. The third-order valence-corrected chi connectivity index (χ3v) is 2.64.